The van der Waals surface area contributed by atoms with Gasteiger partial charge in [-0.25, -0.2) is 0 Å². The maximum absolute atomic E-state index is 11.9. The summed E-state index contributed by atoms with van der Waals surface area (Å²) in [6.45, 7) is 1.74. The summed E-state index contributed by atoms with van der Waals surface area (Å²) in [6, 6.07) is 8.35. The predicted octanol–water partition coefficient (Wildman–Crippen LogP) is 3.09. The predicted molar refractivity (Wildman–Crippen MR) is 65.6 cm³/mol. The van der Waals surface area contributed by atoms with Crippen molar-refractivity contribution in [3.63, 3.8) is 0 Å². The van der Waals surface area contributed by atoms with E-state index in [1.54, 1.807) is 37.3 Å². The lowest BCUT2D eigenvalue weighted by Crippen LogP contribution is -2.10. The van der Waals surface area contributed by atoms with E-state index < -0.39 is 5.91 Å². The van der Waals surface area contributed by atoms with Gasteiger partial charge in [-0.2, -0.15) is 0 Å². The largest absolute Gasteiger partial charge is 0.461 e. The van der Waals surface area contributed by atoms with Crippen molar-refractivity contribution >= 4 is 11.7 Å². The Hall–Kier alpha value is -2.76. The SMILES string of the molecule is Cc1cc(NC(=O)c2ccc(-c3ccco3)o2)no1. The van der Waals surface area contributed by atoms with Gasteiger partial charge in [-0.05, 0) is 31.2 Å². The van der Waals surface area contributed by atoms with E-state index in [1.165, 1.54) is 6.26 Å². The molecule has 0 bridgehead atoms. The van der Waals surface area contributed by atoms with Gasteiger partial charge in [0.25, 0.3) is 5.91 Å². The second-order valence-electron chi connectivity index (χ2n) is 3.92. The fourth-order valence-electron chi connectivity index (χ4n) is 1.61. The summed E-state index contributed by atoms with van der Waals surface area (Å²) in [4.78, 5) is 11.9. The molecule has 0 atom stereocenters. The van der Waals surface area contributed by atoms with Gasteiger partial charge in [0.2, 0.25) is 0 Å². The normalized spacial score (nSPS) is 10.6. The third kappa shape index (κ3) is 2.28. The number of aromatic nitrogens is 1. The maximum atomic E-state index is 11.9. The molecule has 0 aliphatic heterocycles. The van der Waals surface area contributed by atoms with Crippen LogP contribution in [0, 0.1) is 6.92 Å². The number of carbonyl (C=O) groups is 1. The third-order valence-corrected chi connectivity index (χ3v) is 2.46. The van der Waals surface area contributed by atoms with Gasteiger partial charge in [-0.15, -0.1) is 0 Å². The van der Waals surface area contributed by atoms with Crippen LogP contribution < -0.4 is 5.32 Å². The molecule has 3 aromatic rings. The molecule has 96 valence electrons. The Kier molecular flexibility index (Phi) is 2.68. The van der Waals surface area contributed by atoms with E-state index in [0.29, 0.717) is 23.1 Å². The molecule has 0 fully saturated rings. The van der Waals surface area contributed by atoms with Crippen LogP contribution in [0.3, 0.4) is 0 Å². The number of aryl methyl sites for hydroxylation is 1. The lowest BCUT2D eigenvalue weighted by atomic mass is 10.3. The first-order valence-corrected chi connectivity index (χ1v) is 5.61. The highest BCUT2D eigenvalue weighted by Crippen LogP contribution is 2.22. The van der Waals surface area contributed by atoms with Gasteiger partial charge >= 0.3 is 0 Å². The van der Waals surface area contributed by atoms with Crippen molar-refractivity contribution < 1.29 is 18.2 Å². The number of rotatable bonds is 3. The van der Waals surface area contributed by atoms with Gasteiger partial charge in [-0.1, -0.05) is 5.16 Å². The van der Waals surface area contributed by atoms with Gasteiger partial charge < -0.3 is 18.7 Å². The molecule has 0 aromatic carbocycles. The highest BCUT2D eigenvalue weighted by molar-refractivity contribution is 6.01. The molecule has 0 unspecified atom stereocenters. The van der Waals surface area contributed by atoms with Crippen molar-refractivity contribution in [2.45, 2.75) is 6.92 Å². The summed E-state index contributed by atoms with van der Waals surface area (Å²) in [5.74, 6) is 1.80. The molecule has 3 rings (SSSR count). The number of amides is 1. The average Bonchev–Trinajstić information content (AvgIpc) is 3.08. The van der Waals surface area contributed by atoms with Crippen LogP contribution in [-0.4, -0.2) is 11.1 Å². The van der Waals surface area contributed by atoms with E-state index in [9.17, 15) is 4.79 Å². The molecule has 3 heterocycles. The Morgan fingerprint density at radius 2 is 2.16 bits per heavy atom. The van der Waals surface area contributed by atoms with Crippen molar-refractivity contribution in [3.05, 3.63) is 48.1 Å². The minimum atomic E-state index is -0.397. The minimum Gasteiger partial charge on any atom is -0.461 e. The minimum absolute atomic E-state index is 0.173. The molecular weight excluding hydrogens is 248 g/mol. The molecule has 0 saturated carbocycles. The number of nitrogens with zero attached hydrogens (tertiary/aromatic N) is 1. The second-order valence-corrected chi connectivity index (χ2v) is 3.92. The van der Waals surface area contributed by atoms with Gasteiger partial charge in [-0.3, -0.25) is 4.79 Å². The summed E-state index contributed by atoms with van der Waals surface area (Å²) in [5, 5.41) is 6.24. The first kappa shape index (κ1) is 11.3. The molecule has 6 heteroatoms. The molecular formula is C13H10N2O4. The Bertz CT molecular complexity index is 694. The monoisotopic (exact) mass is 258 g/mol. The molecule has 0 aliphatic rings. The van der Waals surface area contributed by atoms with Crippen LogP contribution in [0.1, 0.15) is 16.3 Å². The lowest BCUT2D eigenvalue weighted by Gasteiger charge is -1.96. The van der Waals surface area contributed by atoms with Crippen molar-refractivity contribution in [1.82, 2.24) is 5.16 Å². The van der Waals surface area contributed by atoms with Crippen LogP contribution >= 0.6 is 0 Å². The second kappa shape index (κ2) is 4.49. The molecule has 19 heavy (non-hydrogen) atoms. The van der Waals surface area contributed by atoms with Crippen LogP contribution in [0.5, 0.6) is 0 Å². The number of hydrogen-bond acceptors (Lipinski definition) is 5. The standard InChI is InChI=1S/C13H10N2O4/c1-8-7-12(15-19-8)14-13(16)11-5-4-10(18-11)9-3-2-6-17-9/h2-7H,1H3,(H,14,15,16). The Morgan fingerprint density at radius 1 is 1.26 bits per heavy atom. The van der Waals surface area contributed by atoms with E-state index >= 15 is 0 Å². The molecule has 0 aliphatic carbocycles. The number of nitrogens with one attached hydrogen (secondary N) is 1. The zero-order valence-corrected chi connectivity index (χ0v) is 10.0. The molecule has 3 aromatic heterocycles. The molecule has 0 spiro atoms. The molecule has 6 nitrogen and oxygen atoms in total. The average molecular weight is 258 g/mol. The first-order chi connectivity index (χ1) is 9.22. The number of carbonyl (C=O) groups excluding carboxylic acids is 1. The highest BCUT2D eigenvalue weighted by atomic mass is 16.5. The van der Waals surface area contributed by atoms with E-state index in [4.69, 9.17) is 13.4 Å². The van der Waals surface area contributed by atoms with Crippen LogP contribution in [0.25, 0.3) is 11.5 Å². The Morgan fingerprint density at radius 3 is 2.84 bits per heavy atom. The Balaban J connectivity index is 1.77. The maximum Gasteiger partial charge on any atom is 0.292 e. The number of hydrogen-bond donors (Lipinski definition) is 1. The van der Waals surface area contributed by atoms with E-state index in [0.717, 1.165) is 0 Å². The number of furan rings is 2. The third-order valence-electron chi connectivity index (χ3n) is 2.46. The highest BCUT2D eigenvalue weighted by Gasteiger charge is 2.15. The summed E-state index contributed by atoms with van der Waals surface area (Å²) < 4.78 is 15.4. The topological polar surface area (TPSA) is 81.4 Å². The fourth-order valence-corrected chi connectivity index (χ4v) is 1.61. The van der Waals surface area contributed by atoms with Crippen molar-refractivity contribution in [2.75, 3.05) is 5.32 Å². The van der Waals surface area contributed by atoms with E-state index in [1.807, 2.05) is 0 Å². The molecule has 0 saturated heterocycles. The van der Waals surface area contributed by atoms with Crippen molar-refractivity contribution in [3.8, 4) is 11.5 Å². The lowest BCUT2D eigenvalue weighted by molar-refractivity contribution is 0.0996. The van der Waals surface area contributed by atoms with Gasteiger partial charge in [0, 0.05) is 6.07 Å². The summed E-state index contributed by atoms with van der Waals surface area (Å²) in [7, 11) is 0. The quantitative estimate of drug-likeness (QED) is 0.780. The smallest absolute Gasteiger partial charge is 0.292 e. The zero-order valence-electron chi connectivity index (χ0n) is 10.0. The van der Waals surface area contributed by atoms with E-state index in [-0.39, 0.29) is 5.76 Å². The summed E-state index contributed by atoms with van der Waals surface area (Å²) in [6.07, 6.45) is 1.54. The Labute approximate surface area is 108 Å². The van der Waals surface area contributed by atoms with E-state index in [2.05, 4.69) is 10.5 Å². The fraction of sp³-hybridized carbons (Fsp3) is 0.0769. The summed E-state index contributed by atoms with van der Waals surface area (Å²) in [5.41, 5.74) is 0. The van der Waals surface area contributed by atoms with Gasteiger partial charge in [0.05, 0.1) is 6.26 Å². The van der Waals surface area contributed by atoms with Gasteiger partial charge in [0.15, 0.2) is 23.1 Å². The summed E-state index contributed by atoms with van der Waals surface area (Å²) >= 11 is 0. The first-order valence-electron chi connectivity index (χ1n) is 5.61. The van der Waals surface area contributed by atoms with Crippen LogP contribution in [0.4, 0.5) is 5.82 Å². The van der Waals surface area contributed by atoms with Crippen LogP contribution in [0.15, 0.2) is 50.0 Å². The van der Waals surface area contributed by atoms with Crippen LogP contribution in [0.2, 0.25) is 0 Å². The molecule has 1 amide bonds. The van der Waals surface area contributed by atoms with Crippen LogP contribution in [-0.2, 0) is 0 Å². The van der Waals surface area contributed by atoms with Gasteiger partial charge in [0.1, 0.15) is 5.76 Å². The van der Waals surface area contributed by atoms with Crippen molar-refractivity contribution in [1.29, 1.82) is 0 Å². The number of anilines is 1. The molecule has 0 radical (unpaired) electrons. The van der Waals surface area contributed by atoms with Crippen molar-refractivity contribution in [2.24, 2.45) is 0 Å². The molecule has 1 N–H and O–H groups in total. The zero-order chi connectivity index (χ0) is 13.2.